The third-order valence-electron chi connectivity index (χ3n) is 11.4. The van der Waals surface area contributed by atoms with Crippen molar-refractivity contribution in [1.82, 2.24) is 0 Å². The molecule has 0 saturated carbocycles. The van der Waals surface area contributed by atoms with Crippen LogP contribution in [0.5, 0.6) is 0 Å². The molecule has 0 aromatic heterocycles. The van der Waals surface area contributed by atoms with Gasteiger partial charge >= 0.3 is 0 Å². The van der Waals surface area contributed by atoms with E-state index in [9.17, 15) is 0 Å². The van der Waals surface area contributed by atoms with Crippen LogP contribution in [0, 0.1) is 0 Å². The van der Waals surface area contributed by atoms with Gasteiger partial charge < -0.3 is 0 Å². The van der Waals surface area contributed by atoms with Crippen LogP contribution in [0.25, 0.3) is 76.5 Å². The SMILES string of the molecule is CC1(C)C2=C(c3ccccc31)C(C)(C)c1cc(-c3ccc4ccc5c(-c6ccc7ccccc7c6)ccc6ccc3c4c65)ccc12. The minimum absolute atomic E-state index is 0.00822. The van der Waals surface area contributed by atoms with Crippen LogP contribution in [0.2, 0.25) is 0 Å². The highest BCUT2D eigenvalue weighted by Gasteiger charge is 2.49. The molecular formula is C46H34. The van der Waals surface area contributed by atoms with Crippen LogP contribution in [-0.2, 0) is 10.8 Å². The first-order chi connectivity index (χ1) is 22.3. The number of rotatable bonds is 2. The minimum Gasteiger partial charge on any atom is -0.0619 e. The topological polar surface area (TPSA) is 0 Å². The Hall–Kier alpha value is -5.20. The summed E-state index contributed by atoms with van der Waals surface area (Å²) in [5, 5.41) is 10.5. The molecule has 0 unspecified atom stereocenters. The van der Waals surface area contributed by atoms with Gasteiger partial charge in [0.1, 0.15) is 0 Å². The molecule has 0 radical (unpaired) electrons. The second-order valence-electron chi connectivity index (χ2n) is 14.5. The fourth-order valence-electron chi connectivity index (χ4n) is 9.19. The van der Waals surface area contributed by atoms with Gasteiger partial charge in [-0.1, -0.05) is 149 Å². The fraction of sp³-hybridized carbons (Fsp3) is 0.130. The molecule has 0 amide bonds. The summed E-state index contributed by atoms with van der Waals surface area (Å²) in [6, 6.07) is 50.5. The monoisotopic (exact) mass is 586 g/mol. The summed E-state index contributed by atoms with van der Waals surface area (Å²) in [5.74, 6) is 0. The number of benzene rings is 8. The summed E-state index contributed by atoms with van der Waals surface area (Å²) in [6.07, 6.45) is 0. The first kappa shape index (κ1) is 26.1. The normalized spacial score (nSPS) is 16.1. The van der Waals surface area contributed by atoms with Crippen LogP contribution < -0.4 is 0 Å². The van der Waals surface area contributed by atoms with Crippen LogP contribution in [0.4, 0.5) is 0 Å². The molecule has 10 rings (SSSR count). The molecule has 0 heterocycles. The summed E-state index contributed by atoms with van der Waals surface area (Å²) in [6.45, 7) is 9.66. The maximum Gasteiger partial charge on any atom is 0.0162 e. The lowest BCUT2D eigenvalue weighted by atomic mass is 9.75. The first-order valence-electron chi connectivity index (χ1n) is 16.5. The molecular weight excluding hydrogens is 553 g/mol. The number of fused-ring (bicyclic) bond motifs is 5. The van der Waals surface area contributed by atoms with Crippen molar-refractivity contribution in [1.29, 1.82) is 0 Å². The van der Waals surface area contributed by atoms with Gasteiger partial charge in [0.25, 0.3) is 0 Å². The second kappa shape index (κ2) is 8.74. The van der Waals surface area contributed by atoms with Gasteiger partial charge in [0.05, 0.1) is 0 Å². The molecule has 0 nitrogen and oxygen atoms in total. The zero-order valence-corrected chi connectivity index (χ0v) is 26.7. The molecule has 0 fully saturated rings. The number of hydrogen-bond donors (Lipinski definition) is 0. The van der Waals surface area contributed by atoms with E-state index in [4.69, 9.17) is 0 Å². The molecule has 0 atom stereocenters. The Morgan fingerprint density at radius 1 is 0.348 bits per heavy atom. The van der Waals surface area contributed by atoms with E-state index in [-0.39, 0.29) is 10.8 Å². The molecule has 0 saturated heterocycles. The zero-order chi connectivity index (χ0) is 30.9. The number of allylic oxidation sites excluding steroid dienone is 2. The van der Waals surface area contributed by atoms with Gasteiger partial charge in [0.2, 0.25) is 0 Å². The standard InChI is InChI=1S/C46H34/c1-45(2)39-12-8-7-11-37(39)43-44(45)38-24-19-32(26-40(38)46(43,3)4)34-21-16-29-17-22-35-33(20-15-28-18-23-36(34)42(29)41(28)35)31-14-13-27-9-5-6-10-30(27)25-31/h5-26H,1-4H3. The molecule has 0 aliphatic heterocycles. The number of hydrogen-bond acceptors (Lipinski definition) is 0. The zero-order valence-electron chi connectivity index (χ0n) is 26.7. The molecule has 0 bridgehead atoms. The summed E-state index contributed by atoms with van der Waals surface area (Å²) in [4.78, 5) is 0. The van der Waals surface area contributed by atoms with Crippen molar-refractivity contribution in [2.75, 3.05) is 0 Å². The third-order valence-corrected chi connectivity index (χ3v) is 11.4. The van der Waals surface area contributed by atoms with E-state index in [2.05, 4.69) is 161 Å². The molecule has 0 spiro atoms. The molecule has 2 aliphatic carbocycles. The van der Waals surface area contributed by atoms with Gasteiger partial charge in [-0.05, 0) is 111 Å². The van der Waals surface area contributed by atoms with Crippen molar-refractivity contribution in [2.45, 2.75) is 38.5 Å². The lowest BCUT2D eigenvalue weighted by Crippen LogP contribution is -2.19. The van der Waals surface area contributed by atoms with E-state index in [0.29, 0.717) is 0 Å². The van der Waals surface area contributed by atoms with Gasteiger partial charge in [-0.15, -0.1) is 0 Å². The van der Waals surface area contributed by atoms with E-state index in [0.717, 1.165) is 0 Å². The highest BCUT2D eigenvalue weighted by Crippen LogP contribution is 2.62. The van der Waals surface area contributed by atoms with Crippen molar-refractivity contribution in [2.24, 2.45) is 0 Å². The van der Waals surface area contributed by atoms with Gasteiger partial charge in [0, 0.05) is 10.8 Å². The van der Waals surface area contributed by atoms with Crippen LogP contribution in [0.3, 0.4) is 0 Å². The average Bonchev–Trinajstić information content (AvgIpc) is 3.48. The quantitative estimate of drug-likeness (QED) is 0.177. The van der Waals surface area contributed by atoms with E-state index in [1.807, 2.05) is 0 Å². The molecule has 46 heavy (non-hydrogen) atoms. The summed E-state index contributed by atoms with van der Waals surface area (Å²) >= 11 is 0. The fourth-order valence-corrected chi connectivity index (χ4v) is 9.19. The predicted molar refractivity (Wildman–Crippen MR) is 198 cm³/mol. The Morgan fingerprint density at radius 3 is 1.52 bits per heavy atom. The highest BCUT2D eigenvalue weighted by molar-refractivity contribution is 6.27. The van der Waals surface area contributed by atoms with Gasteiger partial charge in [-0.25, -0.2) is 0 Å². The maximum atomic E-state index is 2.50. The molecule has 2 aliphatic rings. The first-order valence-corrected chi connectivity index (χ1v) is 16.5. The molecule has 0 heteroatoms. The van der Waals surface area contributed by atoms with Crippen molar-refractivity contribution in [3.8, 4) is 22.3 Å². The third kappa shape index (κ3) is 3.24. The van der Waals surface area contributed by atoms with Crippen molar-refractivity contribution in [3.63, 3.8) is 0 Å². The largest absolute Gasteiger partial charge is 0.0619 e. The van der Waals surface area contributed by atoms with E-state index < -0.39 is 0 Å². The smallest absolute Gasteiger partial charge is 0.0162 e. The lowest BCUT2D eigenvalue weighted by Gasteiger charge is -2.28. The molecule has 218 valence electrons. The molecule has 8 aromatic rings. The summed E-state index contributed by atoms with van der Waals surface area (Å²) in [7, 11) is 0. The molecule has 0 N–H and O–H groups in total. The van der Waals surface area contributed by atoms with Crippen molar-refractivity contribution in [3.05, 3.63) is 156 Å². The lowest BCUT2D eigenvalue weighted by molar-refractivity contribution is 0.694. The van der Waals surface area contributed by atoms with E-state index in [1.165, 1.54) is 98.7 Å². The Bertz CT molecular complexity index is 2620. The van der Waals surface area contributed by atoms with Crippen LogP contribution in [0.1, 0.15) is 49.9 Å². The Labute approximate surface area is 270 Å². The van der Waals surface area contributed by atoms with Gasteiger partial charge in [-0.2, -0.15) is 0 Å². The van der Waals surface area contributed by atoms with Crippen molar-refractivity contribution >= 4 is 54.2 Å². The summed E-state index contributed by atoms with van der Waals surface area (Å²) < 4.78 is 0. The summed E-state index contributed by atoms with van der Waals surface area (Å²) in [5.41, 5.74) is 13.9. The predicted octanol–water partition coefficient (Wildman–Crippen LogP) is 12.6. The maximum absolute atomic E-state index is 2.50. The van der Waals surface area contributed by atoms with Crippen LogP contribution in [0.15, 0.2) is 133 Å². The van der Waals surface area contributed by atoms with Crippen LogP contribution >= 0.6 is 0 Å². The van der Waals surface area contributed by atoms with Gasteiger partial charge in [0.15, 0.2) is 0 Å². The van der Waals surface area contributed by atoms with Crippen molar-refractivity contribution < 1.29 is 0 Å². The van der Waals surface area contributed by atoms with E-state index >= 15 is 0 Å². The Kier molecular flexibility index (Phi) is 4.95. The van der Waals surface area contributed by atoms with Gasteiger partial charge in [-0.3, -0.25) is 0 Å². The Morgan fingerprint density at radius 2 is 0.826 bits per heavy atom. The minimum atomic E-state index is -0.0664. The average molecular weight is 587 g/mol. The second-order valence-corrected chi connectivity index (χ2v) is 14.5. The highest BCUT2D eigenvalue weighted by atomic mass is 14.5. The van der Waals surface area contributed by atoms with E-state index in [1.54, 1.807) is 0 Å². The Balaban J connectivity index is 1.17. The molecule has 8 aromatic carbocycles. The van der Waals surface area contributed by atoms with Crippen LogP contribution in [-0.4, -0.2) is 0 Å².